The minimum Gasteiger partial charge on any atom is -0.493 e. The molecule has 0 radical (unpaired) electrons. The van der Waals surface area contributed by atoms with Gasteiger partial charge in [0.05, 0.1) is 21.3 Å². The summed E-state index contributed by atoms with van der Waals surface area (Å²) in [5.74, 6) is 3.36. The molecule has 6 nitrogen and oxygen atoms in total. The number of benzene rings is 2. The van der Waals surface area contributed by atoms with Crippen molar-refractivity contribution in [3.05, 3.63) is 41.5 Å². The minimum absolute atomic E-state index is 0. The second-order valence-electron chi connectivity index (χ2n) is 5.79. The standard InChI is InChI=1S/C19H23NO5.ClH/c1-21-17-9-13(10-18(22-2)19(17)23-3)14(20)6-4-12-5-7-15-16(8-12)25-11-24-15;/h5,7-10,14H,4,6,11,20H2,1-3H3;1H. The Labute approximate surface area is 159 Å². The molecule has 2 aromatic carbocycles. The van der Waals surface area contributed by atoms with Crippen molar-refractivity contribution in [2.45, 2.75) is 18.9 Å². The molecule has 1 atom stereocenters. The zero-order valence-corrected chi connectivity index (χ0v) is 15.9. The van der Waals surface area contributed by atoms with E-state index in [2.05, 4.69) is 0 Å². The maximum absolute atomic E-state index is 6.39. The summed E-state index contributed by atoms with van der Waals surface area (Å²) in [4.78, 5) is 0. The molecule has 142 valence electrons. The largest absolute Gasteiger partial charge is 0.493 e. The number of nitrogens with two attached hydrogens (primary N) is 1. The number of rotatable bonds is 7. The molecule has 0 fully saturated rings. The zero-order valence-electron chi connectivity index (χ0n) is 15.1. The van der Waals surface area contributed by atoms with Crippen molar-refractivity contribution in [1.29, 1.82) is 0 Å². The van der Waals surface area contributed by atoms with Crippen molar-refractivity contribution in [3.8, 4) is 28.7 Å². The summed E-state index contributed by atoms with van der Waals surface area (Å²) in [6.45, 7) is 0.281. The molecule has 2 N–H and O–H groups in total. The number of ether oxygens (including phenoxy) is 5. The van der Waals surface area contributed by atoms with E-state index in [-0.39, 0.29) is 25.2 Å². The third kappa shape index (κ3) is 4.08. The minimum atomic E-state index is -0.154. The summed E-state index contributed by atoms with van der Waals surface area (Å²) in [5, 5.41) is 0. The summed E-state index contributed by atoms with van der Waals surface area (Å²) >= 11 is 0. The molecule has 1 heterocycles. The van der Waals surface area contributed by atoms with Gasteiger partial charge in [-0.2, -0.15) is 0 Å². The fraction of sp³-hybridized carbons (Fsp3) is 0.368. The summed E-state index contributed by atoms with van der Waals surface area (Å²) in [5.41, 5.74) is 8.49. The molecule has 0 saturated heterocycles. The molecule has 1 unspecified atom stereocenters. The lowest BCUT2D eigenvalue weighted by Gasteiger charge is -2.18. The molecular formula is C19H24ClNO5. The molecular weight excluding hydrogens is 358 g/mol. The smallest absolute Gasteiger partial charge is 0.231 e. The van der Waals surface area contributed by atoms with Crippen molar-refractivity contribution in [2.24, 2.45) is 5.73 Å². The Morgan fingerprint density at radius 1 is 0.962 bits per heavy atom. The molecule has 7 heteroatoms. The summed E-state index contributed by atoms with van der Waals surface area (Å²) in [6.07, 6.45) is 1.60. The Kier molecular flexibility index (Phi) is 6.83. The second-order valence-corrected chi connectivity index (χ2v) is 5.79. The molecule has 0 bridgehead atoms. The molecule has 1 aliphatic rings. The van der Waals surface area contributed by atoms with Crippen LogP contribution in [0.3, 0.4) is 0 Å². The van der Waals surface area contributed by atoms with Gasteiger partial charge in [-0.3, -0.25) is 0 Å². The SMILES string of the molecule is COc1cc(C(N)CCc2ccc3c(c2)OCO3)cc(OC)c1OC.Cl. The molecule has 26 heavy (non-hydrogen) atoms. The average Bonchev–Trinajstić information content (AvgIpc) is 3.12. The number of hydrogen-bond acceptors (Lipinski definition) is 6. The van der Waals surface area contributed by atoms with Gasteiger partial charge in [-0.25, -0.2) is 0 Å². The summed E-state index contributed by atoms with van der Waals surface area (Å²) in [6, 6.07) is 9.61. The van der Waals surface area contributed by atoms with E-state index in [0.717, 1.165) is 35.5 Å². The molecule has 0 spiro atoms. The first-order valence-electron chi connectivity index (χ1n) is 8.10. The monoisotopic (exact) mass is 381 g/mol. The molecule has 0 amide bonds. The van der Waals surface area contributed by atoms with E-state index < -0.39 is 0 Å². The van der Waals surface area contributed by atoms with Gasteiger partial charge in [0.25, 0.3) is 0 Å². The predicted molar refractivity (Wildman–Crippen MR) is 101 cm³/mol. The van der Waals surface area contributed by atoms with E-state index in [4.69, 9.17) is 29.4 Å². The predicted octanol–water partition coefficient (Wildman–Crippen LogP) is 3.50. The van der Waals surface area contributed by atoms with Crippen LogP contribution >= 0.6 is 12.4 Å². The normalized spacial score (nSPS) is 12.9. The van der Waals surface area contributed by atoms with Crippen LogP contribution in [0.1, 0.15) is 23.6 Å². The first-order valence-corrected chi connectivity index (χ1v) is 8.10. The van der Waals surface area contributed by atoms with Crippen LogP contribution in [0.15, 0.2) is 30.3 Å². The van der Waals surface area contributed by atoms with Crippen molar-refractivity contribution in [3.63, 3.8) is 0 Å². The van der Waals surface area contributed by atoms with Crippen LogP contribution in [-0.2, 0) is 6.42 Å². The third-order valence-corrected chi connectivity index (χ3v) is 4.30. The average molecular weight is 382 g/mol. The van der Waals surface area contributed by atoms with Gasteiger partial charge in [-0.15, -0.1) is 12.4 Å². The summed E-state index contributed by atoms with van der Waals surface area (Å²) in [7, 11) is 4.78. The highest BCUT2D eigenvalue weighted by Gasteiger charge is 2.17. The Bertz CT molecular complexity index is 728. The van der Waals surface area contributed by atoms with Gasteiger partial charge >= 0.3 is 0 Å². The topological polar surface area (TPSA) is 72.2 Å². The van der Waals surface area contributed by atoms with Gasteiger partial charge in [0.1, 0.15) is 0 Å². The van der Waals surface area contributed by atoms with Crippen LogP contribution in [0.4, 0.5) is 0 Å². The van der Waals surface area contributed by atoms with E-state index >= 15 is 0 Å². The van der Waals surface area contributed by atoms with Crippen LogP contribution < -0.4 is 29.4 Å². The van der Waals surface area contributed by atoms with E-state index in [0.29, 0.717) is 17.2 Å². The lowest BCUT2D eigenvalue weighted by Crippen LogP contribution is -2.12. The molecule has 0 aromatic heterocycles. The third-order valence-electron chi connectivity index (χ3n) is 4.30. The fourth-order valence-corrected chi connectivity index (χ4v) is 2.90. The van der Waals surface area contributed by atoms with E-state index in [1.807, 2.05) is 30.3 Å². The number of hydrogen-bond donors (Lipinski definition) is 1. The van der Waals surface area contributed by atoms with Crippen molar-refractivity contribution < 1.29 is 23.7 Å². The van der Waals surface area contributed by atoms with Crippen LogP contribution in [0.25, 0.3) is 0 Å². The number of methoxy groups -OCH3 is 3. The molecule has 2 aromatic rings. The number of fused-ring (bicyclic) bond motifs is 1. The first-order chi connectivity index (χ1) is 12.2. The van der Waals surface area contributed by atoms with Gasteiger partial charge in [-0.05, 0) is 48.2 Å². The molecule has 0 saturated carbocycles. The van der Waals surface area contributed by atoms with Crippen LogP contribution in [-0.4, -0.2) is 28.1 Å². The van der Waals surface area contributed by atoms with E-state index in [1.54, 1.807) is 21.3 Å². The number of aryl methyl sites for hydroxylation is 1. The van der Waals surface area contributed by atoms with Crippen molar-refractivity contribution in [1.82, 2.24) is 0 Å². The van der Waals surface area contributed by atoms with Gasteiger partial charge in [0.2, 0.25) is 12.5 Å². The molecule has 0 aliphatic carbocycles. The van der Waals surface area contributed by atoms with Gasteiger partial charge in [0.15, 0.2) is 23.0 Å². The Balaban J connectivity index is 0.00000243. The Hall–Kier alpha value is -2.31. The maximum atomic E-state index is 6.39. The lowest BCUT2D eigenvalue weighted by molar-refractivity contribution is 0.174. The van der Waals surface area contributed by atoms with Crippen LogP contribution in [0.2, 0.25) is 0 Å². The Morgan fingerprint density at radius 3 is 2.23 bits per heavy atom. The van der Waals surface area contributed by atoms with Crippen molar-refractivity contribution in [2.75, 3.05) is 28.1 Å². The van der Waals surface area contributed by atoms with Gasteiger partial charge < -0.3 is 29.4 Å². The highest BCUT2D eigenvalue weighted by Crippen LogP contribution is 2.40. The van der Waals surface area contributed by atoms with E-state index in [9.17, 15) is 0 Å². The zero-order chi connectivity index (χ0) is 17.8. The van der Waals surface area contributed by atoms with Gasteiger partial charge in [-0.1, -0.05) is 6.07 Å². The van der Waals surface area contributed by atoms with Crippen LogP contribution in [0, 0.1) is 0 Å². The highest BCUT2D eigenvalue weighted by atomic mass is 35.5. The first kappa shape index (κ1) is 20.0. The van der Waals surface area contributed by atoms with Crippen LogP contribution in [0.5, 0.6) is 28.7 Å². The Morgan fingerprint density at radius 2 is 1.62 bits per heavy atom. The maximum Gasteiger partial charge on any atom is 0.231 e. The molecule has 3 rings (SSSR count). The van der Waals surface area contributed by atoms with Gasteiger partial charge in [0, 0.05) is 6.04 Å². The quantitative estimate of drug-likeness (QED) is 0.791. The summed E-state index contributed by atoms with van der Waals surface area (Å²) < 4.78 is 26.9. The lowest BCUT2D eigenvalue weighted by atomic mass is 9.98. The highest BCUT2D eigenvalue weighted by molar-refractivity contribution is 5.85. The van der Waals surface area contributed by atoms with Crippen molar-refractivity contribution >= 4 is 12.4 Å². The fourth-order valence-electron chi connectivity index (χ4n) is 2.90. The number of halogens is 1. The molecule has 1 aliphatic heterocycles. The second kappa shape index (κ2) is 8.87. The van der Waals surface area contributed by atoms with E-state index in [1.165, 1.54) is 0 Å².